The van der Waals surface area contributed by atoms with Crippen LogP contribution >= 0.6 is 35.3 Å². The summed E-state index contributed by atoms with van der Waals surface area (Å²) < 4.78 is 5.25. The minimum Gasteiger partial charge on any atom is -0.497 e. The maximum atomic E-state index is 5.25. The van der Waals surface area contributed by atoms with Gasteiger partial charge >= 0.3 is 0 Å². The van der Waals surface area contributed by atoms with Gasteiger partial charge in [-0.05, 0) is 61.2 Å². The quantitative estimate of drug-likeness (QED) is 0.231. The van der Waals surface area contributed by atoms with Crippen molar-refractivity contribution in [3.05, 3.63) is 46.2 Å². The zero-order chi connectivity index (χ0) is 20.5. The Hall–Kier alpha value is -1.52. The predicted molar refractivity (Wildman–Crippen MR) is 139 cm³/mol. The summed E-state index contributed by atoms with van der Waals surface area (Å²) in [6.45, 7) is 9.39. The largest absolute Gasteiger partial charge is 0.497 e. The van der Waals surface area contributed by atoms with Crippen LogP contribution in [0.25, 0.3) is 0 Å². The Morgan fingerprint density at radius 3 is 2.43 bits per heavy atom. The molecule has 1 aliphatic heterocycles. The van der Waals surface area contributed by atoms with Crippen molar-refractivity contribution >= 4 is 47.0 Å². The molecule has 8 heteroatoms. The lowest BCUT2D eigenvalue weighted by Gasteiger charge is -2.36. The molecule has 1 aromatic carbocycles. The zero-order valence-electron chi connectivity index (χ0n) is 18.2. The number of piperazine rings is 1. The maximum absolute atomic E-state index is 5.25. The molecule has 0 aliphatic carbocycles. The summed E-state index contributed by atoms with van der Waals surface area (Å²) in [5.74, 6) is 1.79. The number of hydrogen-bond donors (Lipinski definition) is 2. The number of nitrogens with one attached hydrogen (secondary N) is 2. The molecule has 2 aromatic rings. The van der Waals surface area contributed by atoms with Gasteiger partial charge < -0.3 is 20.3 Å². The van der Waals surface area contributed by atoms with Crippen LogP contribution in [0.15, 0.2) is 40.7 Å². The molecule has 1 fully saturated rings. The second-order valence-corrected chi connectivity index (χ2v) is 8.26. The van der Waals surface area contributed by atoms with Crippen molar-refractivity contribution in [2.24, 2.45) is 4.99 Å². The van der Waals surface area contributed by atoms with E-state index in [9.17, 15) is 0 Å². The first kappa shape index (κ1) is 24.7. The number of anilines is 1. The van der Waals surface area contributed by atoms with Gasteiger partial charge in [0.2, 0.25) is 0 Å². The first-order chi connectivity index (χ1) is 14.2. The Bertz CT molecular complexity index is 772. The number of ether oxygens (including phenoxy) is 1. The average molecular weight is 544 g/mol. The van der Waals surface area contributed by atoms with E-state index >= 15 is 0 Å². The van der Waals surface area contributed by atoms with E-state index in [-0.39, 0.29) is 24.0 Å². The second kappa shape index (κ2) is 13.0. The van der Waals surface area contributed by atoms with Crippen LogP contribution in [-0.4, -0.2) is 64.3 Å². The van der Waals surface area contributed by atoms with Crippen molar-refractivity contribution in [1.29, 1.82) is 0 Å². The molecule has 0 spiro atoms. The average Bonchev–Trinajstić information content (AvgIpc) is 3.18. The van der Waals surface area contributed by atoms with Gasteiger partial charge in [0.05, 0.1) is 13.7 Å². The summed E-state index contributed by atoms with van der Waals surface area (Å²) in [5, 5.41) is 8.97. The van der Waals surface area contributed by atoms with Crippen LogP contribution in [0.2, 0.25) is 0 Å². The van der Waals surface area contributed by atoms with Crippen molar-refractivity contribution < 1.29 is 4.74 Å². The maximum Gasteiger partial charge on any atom is 0.191 e. The number of guanidine groups is 1. The third-order valence-corrected chi connectivity index (χ3v) is 6.38. The van der Waals surface area contributed by atoms with Crippen LogP contribution in [0.3, 0.4) is 0 Å². The Kier molecular flexibility index (Phi) is 10.7. The third-order valence-electron chi connectivity index (χ3n) is 5.36. The number of thiophene rings is 1. The lowest BCUT2D eigenvalue weighted by molar-refractivity contribution is 0.255. The van der Waals surface area contributed by atoms with E-state index in [2.05, 4.69) is 55.9 Å². The second-order valence-electron chi connectivity index (χ2n) is 7.26. The topological polar surface area (TPSA) is 52.1 Å². The van der Waals surface area contributed by atoms with Crippen molar-refractivity contribution in [1.82, 2.24) is 15.5 Å². The number of rotatable bonds is 8. The van der Waals surface area contributed by atoms with Crippen molar-refractivity contribution in [3.63, 3.8) is 0 Å². The lowest BCUT2D eigenvalue weighted by atomic mass is 10.2. The highest BCUT2D eigenvalue weighted by Crippen LogP contribution is 2.20. The van der Waals surface area contributed by atoms with Gasteiger partial charge in [-0.25, -0.2) is 0 Å². The summed E-state index contributed by atoms with van der Waals surface area (Å²) in [5.41, 5.74) is 2.62. The summed E-state index contributed by atoms with van der Waals surface area (Å²) in [6.07, 6.45) is 1.11. The van der Waals surface area contributed by atoms with Gasteiger partial charge in [-0.15, -0.1) is 35.3 Å². The van der Waals surface area contributed by atoms with Gasteiger partial charge in [0.25, 0.3) is 0 Å². The van der Waals surface area contributed by atoms with Crippen molar-refractivity contribution in [2.75, 3.05) is 58.3 Å². The fourth-order valence-corrected chi connectivity index (χ4v) is 4.35. The number of aliphatic imine (C=N–C) groups is 1. The number of methoxy groups -OCH3 is 1. The molecule has 30 heavy (non-hydrogen) atoms. The van der Waals surface area contributed by atoms with E-state index in [1.165, 1.54) is 16.1 Å². The van der Waals surface area contributed by atoms with E-state index in [1.54, 1.807) is 18.4 Å². The highest BCUT2D eigenvalue weighted by atomic mass is 127. The normalized spacial score (nSPS) is 14.9. The van der Waals surface area contributed by atoms with Crippen molar-refractivity contribution in [2.45, 2.75) is 19.9 Å². The van der Waals surface area contributed by atoms with E-state index < -0.39 is 0 Å². The molecule has 1 aliphatic rings. The Balaban J connectivity index is 0.00000320. The van der Waals surface area contributed by atoms with E-state index in [1.807, 2.05) is 19.2 Å². The number of benzene rings is 1. The molecular formula is C22H34IN5OS. The van der Waals surface area contributed by atoms with Crippen LogP contribution in [0.5, 0.6) is 5.75 Å². The molecule has 2 N–H and O–H groups in total. The van der Waals surface area contributed by atoms with Crippen LogP contribution in [0.4, 0.5) is 5.69 Å². The Labute approximate surface area is 201 Å². The molecule has 2 heterocycles. The minimum absolute atomic E-state index is 0. The fraction of sp³-hybridized carbons (Fsp3) is 0.500. The molecule has 166 valence electrons. The Morgan fingerprint density at radius 2 is 1.83 bits per heavy atom. The highest BCUT2D eigenvalue weighted by molar-refractivity contribution is 14.0. The summed E-state index contributed by atoms with van der Waals surface area (Å²) in [4.78, 5) is 10.7. The molecule has 0 amide bonds. The summed E-state index contributed by atoms with van der Waals surface area (Å²) >= 11 is 1.79. The molecule has 3 rings (SSSR count). The van der Waals surface area contributed by atoms with E-state index in [0.717, 1.165) is 63.9 Å². The van der Waals surface area contributed by atoms with Gasteiger partial charge in [-0.3, -0.25) is 9.89 Å². The van der Waals surface area contributed by atoms with Crippen LogP contribution in [-0.2, 0) is 6.54 Å². The molecule has 0 bridgehead atoms. The van der Waals surface area contributed by atoms with Crippen molar-refractivity contribution in [3.8, 4) is 5.75 Å². The molecule has 1 aromatic heterocycles. The van der Waals surface area contributed by atoms with Crippen LogP contribution in [0.1, 0.15) is 16.9 Å². The van der Waals surface area contributed by atoms with Gasteiger partial charge in [-0.2, -0.15) is 0 Å². The number of nitrogens with zero attached hydrogens (tertiary/aromatic N) is 3. The SMILES string of the molecule is CN=C(NCCCN1CCN(c2ccc(OC)cc2)CC1)NCc1sccc1C.I. The van der Waals surface area contributed by atoms with E-state index in [0.29, 0.717) is 0 Å². The Morgan fingerprint density at radius 1 is 1.10 bits per heavy atom. The standard InChI is InChI=1S/C22H33N5OS.HI/c1-18-9-16-29-21(18)17-25-22(23-2)24-10-4-11-26-12-14-27(15-13-26)19-5-7-20(28-3)8-6-19;/h5-9,16H,4,10-15,17H2,1-3H3,(H2,23,24,25);1H. The number of aryl methyl sites for hydroxylation is 1. The number of halogens is 1. The van der Waals surface area contributed by atoms with Gasteiger partial charge in [0.1, 0.15) is 5.75 Å². The first-order valence-electron chi connectivity index (χ1n) is 10.3. The smallest absolute Gasteiger partial charge is 0.191 e. The monoisotopic (exact) mass is 543 g/mol. The predicted octanol–water partition coefficient (Wildman–Crippen LogP) is 3.56. The molecule has 0 unspecified atom stereocenters. The molecule has 1 saturated heterocycles. The molecule has 6 nitrogen and oxygen atoms in total. The summed E-state index contributed by atoms with van der Waals surface area (Å²) in [7, 11) is 3.54. The van der Waals surface area contributed by atoms with Crippen LogP contribution in [0, 0.1) is 6.92 Å². The van der Waals surface area contributed by atoms with Gasteiger partial charge in [-0.1, -0.05) is 0 Å². The van der Waals surface area contributed by atoms with E-state index in [4.69, 9.17) is 4.74 Å². The lowest BCUT2D eigenvalue weighted by Crippen LogP contribution is -2.47. The fourth-order valence-electron chi connectivity index (χ4n) is 3.50. The molecule has 0 atom stereocenters. The third kappa shape index (κ3) is 7.31. The summed E-state index contributed by atoms with van der Waals surface area (Å²) in [6, 6.07) is 10.5. The van der Waals surface area contributed by atoms with Gasteiger partial charge in [0.15, 0.2) is 5.96 Å². The van der Waals surface area contributed by atoms with Crippen LogP contribution < -0.4 is 20.3 Å². The number of hydrogen-bond acceptors (Lipinski definition) is 5. The minimum atomic E-state index is 0. The van der Waals surface area contributed by atoms with Gasteiger partial charge in [0, 0.05) is 50.3 Å². The molecule has 0 saturated carbocycles. The first-order valence-corrected chi connectivity index (χ1v) is 11.2. The highest BCUT2D eigenvalue weighted by Gasteiger charge is 2.16. The molecule has 0 radical (unpaired) electrons. The zero-order valence-corrected chi connectivity index (χ0v) is 21.3. The molecular weight excluding hydrogens is 509 g/mol.